The number of rotatable bonds is 2. The number of carbonyl (C=O) groups is 1. The number of hydrogen-bond donors (Lipinski definition) is 3. The van der Waals surface area contributed by atoms with Gasteiger partial charge in [-0.15, -0.1) is 0 Å². The molecule has 30 heavy (non-hydrogen) atoms. The largest absolute Gasteiger partial charge is 0.373 e. The summed E-state index contributed by atoms with van der Waals surface area (Å²) >= 11 is 0. The number of likely N-dealkylation sites (N-methyl/N-ethyl adjacent to an activating group) is 1. The molecule has 0 radical (unpaired) electrons. The Balaban J connectivity index is 1.83. The Bertz CT molecular complexity index is 1260. The second-order valence-electron chi connectivity index (χ2n) is 7.08. The van der Waals surface area contributed by atoms with Crippen molar-refractivity contribution in [2.75, 3.05) is 13.6 Å². The Labute approximate surface area is 172 Å². The third-order valence-corrected chi connectivity index (χ3v) is 4.97. The topological polar surface area (TPSA) is 141 Å². The molecule has 4 N–H and O–H groups in total. The molecule has 9 heteroatoms. The van der Waals surface area contributed by atoms with Gasteiger partial charge in [0.05, 0.1) is 17.3 Å². The second kappa shape index (κ2) is 7.25. The first-order valence-corrected chi connectivity index (χ1v) is 9.16. The minimum atomic E-state index is -1.74. The number of benzene rings is 1. The van der Waals surface area contributed by atoms with Crippen LogP contribution in [-0.4, -0.2) is 55.0 Å². The van der Waals surface area contributed by atoms with Crippen molar-refractivity contribution in [3.63, 3.8) is 0 Å². The lowest BCUT2D eigenvalue weighted by molar-refractivity contribution is -0.137. The lowest BCUT2D eigenvalue weighted by Crippen LogP contribution is -2.37. The Kier molecular flexibility index (Phi) is 4.72. The van der Waals surface area contributed by atoms with Gasteiger partial charge in [-0.05, 0) is 30.3 Å². The average Bonchev–Trinajstić information content (AvgIpc) is 3.26. The van der Waals surface area contributed by atoms with Crippen molar-refractivity contribution in [2.45, 2.75) is 18.2 Å². The summed E-state index contributed by atoms with van der Waals surface area (Å²) in [4.78, 5) is 17.9. The molecule has 1 fully saturated rings. The Morgan fingerprint density at radius 2 is 2.10 bits per heavy atom. The molecule has 0 aliphatic carbocycles. The Hall–Kier alpha value is -3.76. The number of amides is 1. The number of pyridine rings is 1. The number of aliphatic hydroxyl groups is 2. The van der Waals surface area contributed by atoms with E-state index in [2.05, 4.69) is 28.0 Å². The van der Waals surface area contributed by atoms with Crippen molar-refractivity contribution in [3.8, 4) is 23.6 Å². The molecular weight excluding hydrogens is 384 g/mol. The van der Waals surface area contributed by atoms with E-state index >= 15 is 0 Å². The molecule has 9 nitrogen and oxygen atoms in total. The number of carbonyl (C=O) groups excluding carboxylic acids is 1. The van der Waals surface area contributed by atoms with Crippen LogP contribution in [0.2, 0.25) is 0 Å². The van der Waals surface area contributed by atoms with E-state index in [1.54, 1.807) is 43.6 Å². The van der Waals surface area contributed by atoms with Crippen LogP contribution < -0.4 is 5.73 Å². The summed E-state index contributed by atoms with van der Waals surface area (Å²) in [6, 6.07) is 10.3. The molecule has 1 aliphatic rings. The average molecular weight is 402 g/mol. The van der Waals surface area contributed by atoms with Crippen LogP contribution in [0.25, 0.3) is 16.7 Å². The van der Waals surface area contributed by atoms with Gasteiger partial charge in [-0.25, -0.2) is 9.67 Å². The number of likely N-dealkylation sites (tertiary alicyclic amines) is 1. The molecule has 4 rings (SSSR count). The summed E-state index contributed by atoms with van der Waals surface area (Å²) < 4.78 is 1.47. The number of hydrogen-bond acceptors (Lipinski definition) is 7. The van der Waals surface area contributed by atoms with Gasteiger partial charge in [0, 0.05) is 37.2 Å². The van der Waals surface area contributed by atoms with Gasteiger partial charge in [0.2, 0.25) is 5.60 Å². The summed E-state index contributed by atoms with van der Waals surface area (Å²) in [5.74, 6) is 5.00. The summed E-state index contributed by atoms with van der Waals surface area (Å²) in [5, 5.41) is 34.7. The molecule has 150 valence electrons. The second-order valence-corrected chi connectivity index (χ2v) is 7.08. The maximum Gasteiger partial charge on any atom is 0.267 e. The van der Waals surface area contributed by atoms with Gasteiger partial charge in [0.25, 0.3) is 5.91 Å². The van der Waals surface area contributed by atoms with E-state index < -0.39 is 17.7 Å². The zero-order valence-corrected chi connectivity index (χ0v) is 16.1. The predicted octanol–water partition coefficient (Wildman–Crippen LogP) is 0.186. The smallest absolute Gasteiger partial charge is 0.267 e. The van der Waals surface area contributed by atoms with Crippen LogP contribution in [0.15, 0.2) is 36.5 Å². The van der Waals surface area contributed by atoms with Crippen molar-refractivity contribution < 1.29 is 15.0 Å². The zero-order valence-electron chi connectivity index (χ0n) is 16.1. The van der Waals surface area contributed by atoms with Gasteiger partial charge in [-0.3, -0.25) is 4.79 Å². The molecule has 0 spiro atoms. The molecule has 0 saturated carbocycles. The first-order chi connectivity index (χ1) is 14.3. The van der Waals surface area contributed by atoms with Gasteiger partial charge in [-0.1, -0.05) is 11.8 Å². The molecule has 0 bridgehead atoms. The minimum Gasteiger partial charge on any atom is -0.373 e. The highest BCUT2D eigenvalue weighted by molar-refractivity contribution is 5.90. The van der Waals surface area contributed by atoms with Crippen molar-refractivity contribution in [1.82, 2.24) is 19.7 Å². The Morgan fingerprint density at radius 1 is 1.33 bits per heavy atom. The molecule has 2 atom stereocenters. The molecular formula is C21H18N6O3. The van der Waals surface area contributed by atoms with Gasteiger partial charge in [0.15, 0.2) is 5.65 Å². The lowest BCUT2D eigenvalue weighted by atomic mass is 10.0. The summed E-state index contributed by atoms with van der Waals surface area (Å²) in [5.41, 5.74) is 5.81. The molecule has 1 saturated heterocycles. The summed E-state index contributed by atoms with van der Waals surface area (Å²) in [7, 11) is 1.61. The number of nitriles is 1. The van der Waals surface area contributed by atoms with Crippen molar-refractivity contribution in [3.05, 3.63) is 53.3 Å². The van der Waals surface area contributed by atoms with Gasteiger partial charge >= 0.3 is 0 Å². The van der Waals surface area contributed by atoms with E-state index in [0.29, 0.717) is 34.4 Å². The van der Waals surface area contributed by atoms with E-state index in [0.717, 1.165) is 0 Å². The van der Waals surface area contributed by atoms with E-state index in [4.69, 9.17) is 5.73 Å². The molecule has 1 aromatic carbocycles. The maximum atomic E-state index is 12.1. The van der Waals surface area contributed by atoms with E-state index in [-0.39, 0.29) is 12.1 Å². The highest BCUT2D eigenvalue weighted by atomic mass is 16.3. The van der Waals surface area contributed by atoms with Crippen molar-refractivity contribution in [1.29, 1.82) is 5.26 Å². The zero-order chi connectivity index (χ0) is 21.5. The first kappa shape index (κ1) is 19.6. The summed E-state index contributed by atoms with van der Waals surface area (Å²) in [6.45, 7) is 0.419. The number of nitrogens with two attached hydrogens (primary N) is 1. The summed E-state index contributed by atoms with van der Waals surface area (Å²) in [6.07, 6.45) is 0.502. The number of aliphatic hydroxyl groups excluding tert-OH is 1. The third-order valence-electron chi connectivity index (χ3n) is 4.97. The fourth-order valence-corrected chi connectivity index (χ4v) is 3.39. The standard InChI is InChI=1S/C21H18N6O3/c1-26-8-6-21(30,20(26)29)5-4-13-9-14(12-22)11-15(10-13)27-19-16(3-2-7-24-19)17(25-27)18(23)28/h2-3,7,9-11,18,28,30H,6,8,23H2,1H3/t18?,21-/m0/s1. The quantitative estimate of drug-likeness (QED) is 0.410. The molecule has 3 heterocycles. The van der Waals surface area contributed by atoms with E-state index in [9.17, 15) is 20.3 Å². The molecule has 1 aliphatic heterocycles. The normalized spacial score (nSPS) is 19.4. The monoisotopic (exact) mass is 402 g/mol. The highest BCUT2D eigenvalue weighted by Crippen LogP contribution is 2.25. The maximum absolute atomic E-state index is 12.1. The predicted molar refractivity (Wildman–Crippen MR) is 107 cm³/mol. The van der Waals surface area contributed by atoms with Gasteiger partial charge in [0.1, 0.15) is 11.9 Å². The van der Waals surface area contributed by atoms with Crippen molar-refractivity contribution in [2.24, 2.45) is 5.73 Å². The van der Waals surface area contributed by atoms with E-state index in [1.807, 2.05) is 0 Å². The van der Waals surface area contributed by atoms with Gasteiger partial charge < -0.3 is 20.8 Å². The fourth-order valence-electron chi connectivity index (χ4n) is 3.39. The number of fused-ring (bicyclic) bond motifs is 1. The van der Waals surface area contributed by atoms with Crippen LogP contribution in [0.3, 0.4) is 0 Å². The molecule has 2 aromatic heterocycles. The number of nitrogens with zero attached hydrogens (tertiary/aromatic N) is 5. The Morgan fingerprint density at radius 3 is 2.77 bits per heavy atom. The van der Waals surface area contributed by atoms with Crippen LogP contribution in [0, 0.1) is 23.2 Å². The van der Waals surface area contributed by atoms with Crippen molar-refractivity contribution >= 4 is 16.9 Å². The molecule has 1 amide bonds. The first-order valence-electron chi connectivity index (χ1n) is 9.16. The van der Waals surface area contributed by atoms with E-state index in [1.165, 1.54) is 9.58 Å². The lowest BCUT2D eigenvalue weighted by Gasteiger charge is -2.13. The highest BCUT2D eigenvalue weighted by Gasteiger charge is 2.42. The van der Waals surface area contributed by atoms with Crippen LogP contribution in [0.1, 0.15) is 29.5 Å². The fraction of sp³-hybridized carbons (Fsp3) is 0.238. The van der Waals surface area contributed by atoms with Gasteiger partial charge in [-0.2, -0.15) is 10.4 Å². The SMILES string of the molecule is CN1CC[C@@](O)(C#Cc2cc(C#N)cc(-n3nc(C(N)O)c4cccnc43)c2)C1=O. The number of aromatic nitrogens is 3. The third kappa shape index (κ3) is 3.27. The van der Waals surface area contributed by atoms with Crippen LogP contribution in [-0.2, 0) is 4.79 Å². The van der Waals surface area contributed by atoms with Crippen LogP contribution in [0.4, 0.5) is 0 Å². The van der Waals surface area contributed by atoms with Crippen LogP contribution in [0.5, 0.6) is 0 Å². The minimum absolute atomic E-state index is 0.214. The molecule has 3 aromatic rings. The molecule has 1 unspecified atom stereocenters. The van der Waals surface area contributed by atoms with Crippen LogP contribution >= 0.6 is 0 Å².